The quantitative estimate of drug-likeness (QED) is 0.328. The van der Waals surface area contributed by atoms with E-state index in [2.05, 4.69) is 17.5 Å². The van der Waals surface area contributed by atoms with Crippen LogP contribution >= 0.6 is 33.6 Å². The molecule has 0 aromatic carbocycles. The molecular formula is C15H36O7P4. The average Bonchev–Trinajstić information content (AvgIpc) is 2.56. The fourth-order valence-electron chi connectivity index (χ4n) is 0.921. The van der Waals surface area contributed by atoms with E-state index in [1.54, 1.807) is 0 Å². The van der Waals surface area contributed by atoms with Gasteiger partial charge in [-0.1, -0.05) is 18.2 Å². The van der Waals surface area contributed by atoms with Crippen LogP contribution in [-0.4, -0.2) is 53.6 Å². The number of hydrogen-bond acceptors (Lipinski definition) is 7. The second-order valence-corrected chi connectivity index (χ2v) is 9.46. The van der Waals surface area contributed by atoms with Crippen molar-refractivity contribution in [3.05, 3.63) is 35.7 Å². The summed E-state index contributed by atoms with van der Waals surface area (Å²) in [7, 11) is -4.22. The third-order valence-corrected chi connectivity index (χ3v) is 5.62. The zero-order chi connectivity index (χ0) is 21.1. The van der Waals surface area contributed by atoms with Gasteiger partial charge in [0.2, 0.25) is 0 Å². The maximum Gasteiger partial charge on any atom is 0.0821 e. The topological polar surface area (TPSA) is 147 Å². The van der Waals surface area contributed by atoms with Gasteiger partial charge in [0, 0.05) is 43.2 Å². The van der Waals surface area contributed by atoms with Gasteiger partial charge in [0.05, 0.1) is 38.3 Å². The van der Waals surface area contributed by atoms with E-state index in [1.807, 2.05) is 39.0 Å². The Bertz CT molecular complexity index is 312. The molecule has 0 saturated heterocycles. The second-order valence-electron chi connectivity index (χ2n) is 4.27. The third-order valence-electron chi connectivity index (χ3n) is 1.87. The zero-order valence-electron chi connectivity index (χ0n) is 15.9. The van der Waals surface area contributed by atoms with Crippen LogP contribution in [0.5, 0.6) is 0 Å². The van der Waals surface area contributed by atoms with E-state index in [-0.39, 0.29) is 0 Å². The lowest BCUT2D eigenvalue weighted by molar-refractivity contribution is -0.432. The van der Waals surface area contributed by atoms with E-state index in [1.165, 1.54) is 0 Å². The third kappa shape index (κ3) is 86.6. The van der Waals surface area contributed by atoms with Crippen LogP contribution in [0.15, 0.2) is 35.7 Å². The van der Waals surface area contributed by atoms with Gasteiger partial charge in [-0.15, -0.1) is 0 Å². The molecule has 0 saturated carbocycles. The SMILES string of the molecule is CC=C[PH2+]CCO.CC=C[PH2+]CCO.CC=C[PH2+]CCO.O=P([O-])([O-])[O-]. The van der Waals surface area contributed by atoms with E-state index >= 15 is 0 Å². The summed E-state index contributed by atoms with van der Waals surface area (Å²) in [6, 6.07) is 0. The molecule has 0 aliphatic carbocycles. The lowest BCUT2D eigenvalue weighted by Gasteiger charge is -2.36. The summed E-state index contributed by atoms with van der Waals surface area (Å²) in [6.45, 7) is 7.05. The van der Waals surface area contributed by atoms with Crippen molar-refractivity contribution in [2.24, 2.45) is 0 Å². The predicted molar refractivity (Wildman–Crippen MR) is 117 cm³/mol. The summed E-state index contributed by atoms with van der Waals surface area (Å²) in [5.74, 6) is 6.41. The zero-order valence-corrected chi connectivity index (χ0v) is 20.2. The highest BCUT2D eigenvalue weighted by Gasteiger charge is 1.82. The first-order chi connectivity index (χ1) is 12.2. The van der Waals surface area contributed by atoms with Crippen molar-refractivity contribution in [3.8, 4) is 0 Å². The summed E-state index contributed by atoms with van der Waals surface area (Å²) in [6.07, 6.45) is 9.03. The molecule has 3 unspecified atom stereocenters. The molecule has 0 spiro atoms. The summed E-state index contributed by atoms with van der Waals surface area (Å²) in [5, 5.41) is 24.8. The van der Waals surface area contributed by atoms with Crippen LogP contribution < -0.4 is 14.7 Å². The number of hydrogen-bond donors (Lipinski definition) is 3. The minimum Gasteiger partial charge on any atom is -0.822 e. The smallest absolute Gasteiger partial charge is 0.0821 e. The molecule has 0 heterocycles. The molecule has 0 bridgehead atoms. The molecule has 0 aromatic heterocycles. The number of rotatable bonds is 9. The van der Waals surface area contributed by atoms with Gasteiger partial charge >= 0.3 is 0 Å². The molecular weight excluding hydrogens is 416 g/mol. The Morgan fingerprint density at radius 1 is 0.692 bits per heavy atom. The van der Waals surface area contributed by atoms with Crippen LogP contribution in [0.4, 0.5) is 0 Å². The molecule has 0 fully saturated rings. The molecule has 0 aliphatic rings. The van der Waals surface area contributed by atoms with Gasteiger partial charge in [0.25, 0.3) is 0 Å². The summed E-state index contributed by atoms with van der Waals surface area (Å²) >= 11 is 0. The maximum absolute atomic E-state index is 8.55. The molecule has 0 aliphatic heterocycles. The first-order valence-corrected chi connectivity index (χ1v) is 14.0. The summed E-state index contributed by atoms with van der Waals surface area (Å²) in [5.41, 5.74) is 0. The van der Waals surface area contributed by atoms with Crippen molar-refractivity contribution in [2.45, 2.75) is 20.8 Å². The molecule has 11 heteroatoms. The molecule has 0 rings (SSSR count). The number of phosphoric acid groups is 1. The Labute approximate surface area is 163 Å². The normalized spacial score (nSPS) is 12.2. The fraction of sp³-hybridized carbons (Fsp3) is 0.600. The van der Waals surface area contributed by atoms with Gasteiger partial charge in [0.15, 0.2) is 0 Å². The van der Waals surface area contributed by atoms with Gasteiger partial charge in [-0.25, -0.2) is 0 Å². The van der Waals surface area contributed by atoms with Gasteiger partial charge in [-0.05, 0) is 20.8 Å². The van der Waals surface area contributed by atoms with Crippen molar-refractivity contribution in [2.75, 3.05) is 38.3 Å². The maximum atomic E-state index is 8.55. The van der Waals surface area contributed by atoms with Crippen molar-refractivity contribution < 1.29 is 34.6 Å². The number of allylic oxidation sites excluding steroid dienone is 3. The molecule has 3 atom stereocenters. The van der Waals surface area contributed by atoms with Gasteiger partial charge in [-0.3, -0.25) is 0 Å². The Morgan fingerprint density at radius 2 is 0.885 bits per heavy atom. The highest BCUT2D eigenvalue weighted by atomic mass is 31.2. The second kappa shape index (κ2) is 33.1. The van der Waals surface area contributed by atoms with Crippen molar-refractivity contribution in [1.82, 2.24) is 0 Å². The van der Waals surface area contributed by atoms with Crippen LogP contribution in [0.25, 0.3) is 0 Å². The number of aliphatic hydroxyl groups is 3. The van der Waals surface area contributed by atoms with Gasteiger partial charge in [-0.2, -0.15) is 7.82 Å². The summed E-state index contributed by atoms with van der Waals surface area (Å²) < 4.78 is 8.55. The van der Waals surface area contributed by atoms with Crippen molar-refractivity contribution >= 4 is 33.6 Å². The van der Waals surface area contributed by atoms with E-state index in [0.717, 1.165) is 18.5 Å². The average molecular weight is 452 g/mol. The van der Waals surface area contributed by atoms with Gasteiger partial charge < -0.3 is 34.6 Å². The standard InChI is InChI=1S/3C5H11OP.H3O4P/c3*1-2-4-7-5-3-6;1-5(2,3)4/h3*2,4,6-7H,3,5H2,1H3;(H3,1,2,3,4). The minimum atomic E-state index is -5.39. The largest absolute Gasteiger partial charge is 0.822 e. The van der Waals surface area contributed by atoms with Crippen LogP contribution in [0.2, 0.25) is 0 Å². The Hall–Kier alpha value is 0.500. The van der Waals surface area contributed by atoms with E-state index < -0.39 is 7.82 Å². The highest BCUT2D eigenvalue weighted by molar-refractivity contribution is 7.42. The van der Waals surface area contributed by atoms with Crippen LogP contribution in [0.1, 0.15) is 20.8 Å². The highest BCUT2D eigenvalue weighted by Crippen LogP contribution is 2.09. The molecule has 0 aromatic rings. The fourth-order valence-corrected chi connectivity index (χ4v) is 2.76. The predicted octanol–water partition coefficient (Wildman–Crippen LogP) is -0.0553. The van der Waals surface area contributed by atoms with E-state index in [9.17, 15) is 0 Å². The van der Waals surface area contributed by atoms with Crippen molar-refractivity contribution in [3.63, 3.8) is 0 Å². The Balaban J connectivity index is -0.000000125. The first kappa shape index (κ1) is 34.0. The lowest BCUT2D eigenvalue weighted by Crippen LogP contribution is -2.24. The molecule has 7 nitrogen and oxygen atoms in total. The monoisotopic (exact) mass is 452 g/mol. The van der Waals surface area contributed by atoms with E-state index in [0.29, 0.717) is 45.6 Å². The number of aliphatic hydroxyl groups excluding tert-OH is 3. The molecule has 0 radical (unpaired) electrons. The molecule has 26 heavy (non-hydrogen) atoms. The molecule has 0 amide bonds. The summed E-state index contributed by atoms with van der Waals surface area (Å²) in [4.78, 5) is 25.6. The molecule has 3 N–H and O–H groups in total. The minimum absolute atomic E-state index is 0.347. The van der Waals surface area contributed by atoms with Crippen LogP contribution in [0, 0.1) is 0 Å². The first-order valence-electron chi connectivity index (χ1n) is 8.14. The van der Waals surface area contributed by atoms with E-state index in [4.69, 9.17) is 34.6 Å². The Morgan fingerprint density at radius 3 is 1.00 bits per heavy atom. The Kier molecular flexibility index (Phi) is 43.3. The van der Waals surface area contributed by atoms with Crippen LogP contribution in [0.3, 0.4) is 0 Å². The molecule has 158 valence electrons. The van der Waals surface area contributed by atoms with Crippen molar-refractivity contribution in [1.29, 1.82) is 0 Å². The van der Waals surface area contributed by atoms with Gasteiger partial charge in [0.1, 0.15) is 0 Å². The van der Waals surface area contributed by atoms with Crippen LogP contribution in [-0.2, 0) is 4.57 Å². The lowest BCUT2D eigenvalue weighted by atomic mass is 10.8.